The van der Waals surface area contributed by atoms with E-state index in [9.17, 15) is 4.21 Å². The van der Waals surface area contributed by atoms with Crippen molar-refractivity contribution in [3.63, 3.8) is 0 Å². The Balaban J connectivity index is 2.23. The lowest BCUT2D eigenvalue weighted by atomic mass is 10.3. The van der Waals surface area contributed by atoms with Crippen LogP contribution in [0, 0.1) is 0 Å². The third kappa shape index (κ3) is 3.47. The quantitative estimate of drug-likeness (QED) is 0.675. The molecule has 0 spiro atoms. The van der Waals surface area contributed by atoms with Crippen LogP contribution >= 0.6 is 0 Å². The van der Waals surface area contributed by atoms with Crippen molar-refractivity contribution in [2.45, 2.75) is 0 Å². The second-order valence-corrected chi connectivity index (χ2v) is 3.90. The number of hydrogen-bond donors (Lipinski definition) is 1. The van der Waals surface area contributed by atoms with Crippen molar-refractivity contribution in [2.75, 3.05) is 0 Å². The van der Waals surface area contributed by atoms with E-state index in [1.807, 2.05) is 18.2 Å². The van der Waals surface area contributed by atoms with Crippen LogP contribution in [0.5, 0.6) is 5.75 Å². The first-order valence-electron chi connectivity index (χ1n) is 5.11. The van der Waals surface area contributed by atoms with Crippen molar-refractivity contribution in [1.82, 2.24) is 0 Å². The van der Waals surface area contributed by atoms with Gasteiger partial charge in [0.25, 0.3) is 0 Å². The number of benzene rings is 2. The summed E-state index contributed by atoms with van der Waals surface area (Å²) in [4.78, 5) is 0. The highest BCUT2D eigenvalue weighted by Gasteiger charge is 2.04. The number of para-hydroxylation sites is 1. The molecular formula is C12H10N2O3S. The summed E-state index contributed by atoms with van der Waals surface area (Å²) in [6.45, 7) is 0. The SMILES string of the molecule is O=S(O)Oc1ccccc1N=Nc1ccccc1. The molecule has 0 heterocycles. The highest BCUT2D eigenvalue weighted by atomic mass is 32.2. The van der Waals surface area contributed by atoms with Gasteiger partial charge < -0.3 is 4.18 Å². The zero-order valence-electron chi connectivity index (χ0n) is 9.26. The van der Waals surface area contributed by atoms with E-state index in [0.29, 0.717) is 11.4 Å². The van der Waals surface area contributed by atoms with Gasteiger partial charge in [0.2, 0.25) is 0 Å². The third-order valence-corrected chi connectivity index (χ3v) is 2.38. The van der Waals surface area contributed by atoms with Gasteiger partial charge in [0.05, 0.1) is 5.69 Å². The van der Waals surface area contributed by atoms with Crippen LogP contribution in [0.3, 0.4) is 0 Å². The maximum atomic E-state index is 10.6. The number of azo groups is 1. The molecule has 0 aliphatic heterocycles. The number of rotatable bonds is 4. The van der Waals surface area contributed by atoms with Crippen molar-refractivity contribution in [3.8, 4) is 5.75 Å². The van der Waals surface area contributed by atoms with E-state index in [1.165, 1.54) is 0 Å². The fourth-order valence-corrected chi connectivity index (χ4v) is 1.59. The Morgan fingerprint density at radius 3 is 2.33 bits per heavy atom. The fraction of sp³-hybridized carbons (Fsp3) is 0. The normalized spacial score (nSPS) is 12.5. The molecule has 2 rings (SSSR count). The fourth-order valence-electron chi connectivity index (χ4n) is 1.29. The van der Waals surface area contributed by atoms with Gasteiger partial charge in [-0.15, -0.1) is 5.11 Å². The highest BCUT2D eigenvalue weighted by molar-refractivity contribution is 7.74. The van der Waals surface area contributed by atoms with Gasteiger partial charge in [-0.3, -0.25) is 4.55 Å². The van der Waals surface area contributed by atoms with Crippen LogP contribution < -0.4 is 4.18 Å². The summed E-state index contributed by atoms with van der Waals surface area (Å²) in [5.74, 6) is 0.206. The van der Waals surface area contributed by atoms with E-state index in [-0.39, 0.29) is 5.75 Å². The Morgan fingerprint density at radius 2 is 1.61 bits per heavy atom. The molecule has 0 saturated heterocycles. The molecule has 0 amide bonds. The van der Waals surface area contributed by atoms with Crippen molar-refractivity contribution >= 4 is 22.7 Å². The van der Waals surface area contributed by atoms with E-state index in [4.69, 9.17) is 8.74 Å². The summed E-state index contributed by atoms with van der Waals surface area (Å²) in [6.07, 6.45) is 0. The van der Waals surface area contributed by atoms with Gasteiger partial charge in [-0.2, -0.15) is 9.32 Å². The van der Waals surface area contributed by atoms with Gasteiger partial charge in [-0.25, -0.2) is 0 Å². The Hall–Kier alpha value is -2.05. The number of nitrogens with zero attached hydrogens (tertiary/aromatic N) is 2. The van der Waals surface area contributed by atoms with E-state index in [0.717, 1.165) is 0 Å². The lowest BCUT2D eigenvalue weighted by Gasteiger charge is -2.02. The Kier molecular flexibility index (Phi) is 4.16. The Morgan fingerprint density at radius 1 is 0.944 bits per heavy atom. The van der Waals surface area contributed by atoms with Crippen molar-refractivity contribution in [2.24, 2.45) is 10.2 Å². The van der Waals surface area contributed by atoms with Gasteiger partial charge in [0, 0.05) is 0 Å². The molecule has 1 N–H and O–H groups in total. The van der Waals surface area contributed by atoms with Crippen LogP contribution in [0.15, 0.2) is 64.8 Å². The molecule has 1 unspecified atom stereocenters. The smallest absolute Gasteiger partial charge is 0.357 e. The molecule has 5 nitrogen and oxygen atoms in total. The van der Waals surface area contributed by atoms with Gasteiger partial charge in [-0.1, -0.05) is 30.3 Å². The maximum Gasteiger partial charge on any atom is 0.357 e. The molecule has 0 aliphatic carbocycles. The molecule has 0 aliphatic rings. The summed E-state index contributed by atoms with van der Waals surface area (Å²) in [5, 5.41) is 7.99. The summed E-state index contributed by atoms with van der Waals surface area (Å²) in [5.41, 5.74) is 1.08. The van der Waals surface area contributed by atoms with Crippen LogP contribution in [-0.4, -0.2) is 8.76 Å². The largest absolute Gasteiger partial charge is 0.378 e. The molecule has 6 heteroatoms. The summed E-state index contributed by atoms with van der Waals surface area (Å²) in [7, 11) is 0. The lowest BCUT2D eigenvalue weighted by Crippen LogP contribution is -1.97. The predicted molar refractivity (Wildman–Crippen MR) is 68.5 cm³/mol. The molecular weight excluding hydrogens is 252 g/mol. The summed E-state index contributed by atoms with van der Waals surface area (Å²) < 4.78 is 24.0. The topological polar surface area (TPSA) is 71.2 Å². The van der Waals surface area contributed by atoms with E-state index >= 15 is 0 Å². The molecule has 2 aromatic carbocycles. The van der Waals surface area contributed by atoms with Crippen LogP contribution in [0.4, 0.5) is 11.4 Å². The third-order valence-electron chi connectivity index (χ3n) is 2.06. The monoisotopic (exact) mass is 262 g/mol. The molecule has 92 valence electrons. The average Bonchev–Trinajstić information content (AvgIpc) is 2.38. The van der Waals surface area contributed by atoms with Gasteiger partial charge >= 0.3 is 11.4 Å². The van der Waals surface area contributed by atoms with Gasteiger partial charge in [-0.05, 0) is 24.3 Å². The van der Waals surface area contributed by atoms with Crippen LogP contribution in [0.2, 0.25) is 0 Å². The summed E-state index contributed by atoms with van der Waals surface area (Å²) in [6, 6.07) is 15.8. The van der Waals surface area contributed by atoms with Crippen molar-refractivity contribution < 1.29 is 12.9 Å². The predicted octanol–water partition coefficient (Wildman–Crippen LogP) is 3.62. The zero-order chi connectivity index (χ0) is 12.8. The standard InChI is InChI=1S/C12H10N2O3S/c15-18(16)17-12-9-5-4-8-11(12)14-13-10-6-2-1-3-7-10/h1-9H,(H,15,16). The Bertz CT molecular complexity index is 573. The Labute approximate surface area is 107 Å². The lowest BCUT2D eigenvalue weighted by molar-refractivity contribution is 0.458. The maximum absolute atomic E-state index is 10.6. The van der Waals surface area contributed by atoms with Crippen LogP contribution in [-0.2, 0) is 11.4 Å². The first kappa shape index (κ1) is 12.4. The first-order chi connectivity index (χ1) is 8.75. The van der Waals surface area contributed by atoms with E-state index in [2.05, 4.69) is 10.2 Å². The first-order valence-corrected chi connectivity index (χ1v) is 6.14. The molecule has 0 aromatic heterocycles. The van der Waals surface area contributed by atoms with Crippen LogP contribution in [0.25, 0.3) is 0 Å². The average molecular weight is 262 g/mol. The minimum absolute atomic E-state index is 0.206. The number of hydrogen-bond acceptors (Lipinski definition) is 4. The highest BCUT2D eigenvalue weighted by Crippen LogP contribution is 2.28. The van der Waals surface area contributed by atoms with Crippen LogP contribution in [0.1, 0.15) is 0 Å². The van der Waals surface area contributed by atoms with Crippen molar-refractivity contribution in [3.05, 3.63) is 54.6 Å². The van der Waals surface area contributed by atoms with Gasteiger partial charge in [0.1, 0.15) is 5.69 Å². The molecule has 0 bridgehead atoms. The molecule has 0 saturated carbocycles. The molecule has 1 atom stereocenters. The summed E-state index contributed by atoms with van der Waals surface area (Å²) >= 11 is -2.38. The second-order valence-electron chi connectivity index (χ2n) is 3.30. The molecule has 2 aromatic rings. The molecule has 0 radical (unpaired) electrons. The minimum Gasteiger partial charge on any atom is -0.378 e. The zero-order valence-corrected chi connectivity index (χ0v) is 10.1. The molecule has 0 fully saturated rings. The molecule has 18 heavy (non-hydrogen) atoms. The van der Waals surface area contributed by atoms with E-state index in [1.54, 1.807) is 36.4 Å². The van der Waals surface area contributed by atoms with Crippen molar-refractivity contribution in [1.29, 1.82) is 0 Å². The van der Waals surface area contributed by atoms with Gasteiger partial charge in [0.15, 0.2) is 5.75 Å². The minimum atomic E-state index is -2.38. The second kappa shape index (κ2) is 6.04. The van der Waals surface area contributed by atoms with E-state index < -0.39 is 11.4 Å².